The molecule has 1 aliphatic heterocycles. The smallest absolute Gasteiger partial charge is 0.253 e. The number of carbonyl (C=O) groups excluding carboxylic acids is 1. The topological polar surface area (TPSA) is 79.6 Å². The van der Waals surface area contributed by atoms with Gasteiger partial charge in [0.2, 0.25) is 0 Å². The summed E-state index contributed by atoms with van der Waals surface area (Å²) >= 11 is 4.81. The van der Waals surface area contributed by atoms with Crippen LogP contribution in [0.15, 0.2) is 24.3 Å². The van der Waals surface area contributed by atoms with Crippen LogP contribution in [-0.2, 0) is 4.74 Å². The van der Waals surface area contributed by atoms with E-state index < -0.39 is 0 Å². The Morgan fingerprint density at radius 2 is 2.05 bits per heavy atom. The lowest BCUT2D eigenvalue weighted by Crippen LogP contribution is -2.41. The van der Waals surface area contributed by atoms with Gasteiger partial charge < -0.3 is 21.1 Å². The van der Waals surface area contributed by atoms with Crippen LogP contribution in [-0.4, -0.2) is 55.3 Å². The quantitative estimate of drug-likeness (QED) is 0.684. The van der Waals surface area contributed by atoms with Gasteiger partial charge in [0.25, 0.3) is 5.91 Å². The van der Waals surface area contributed by atoms with Crippen LogP contribution in [0.25, 0.3) is 0 Å². The fourth-order valence-electron chi connectivity index (χ4n) is 2.17. The lowest BCUT2D eigenvalue weighted by atomic mass is 10.1. The highest BCUT2D eigenvalue weighted by Gasteiger charge is 2.13. The second-order valence-electron chi connectivity index (χ2n) is 4.74. The van der Waals surface area contributed by atoms with Gasteiger partial charge in [0, 0.05) is 26.2 Å². The summed E-state index contributed by atoms with van der Waals surface area (Å²) in [7, 11) is 0. The van der Waals surface area contributed by atoms with Crippen molar-refractivity contribution in [3.8, 4) is 0 Å². The molecule has 1 amide bonds. The number of amides is 1. The predicted molar refractivity (Wildman–Crippen MR) is 86.4 cm³/mol. The van der Waals surface area contributed by atoms with Crippen LogP contribution in [0.3, 0.4) is 0 Å². The minimum absolute atomic E-state index is 0.136. The molecule has 1 aromatic rings. The van der Waals surface area contributed by atoms with Crippen molar-refractivity contribution in [2.45, 2.75) is 0 Å². The lowest BCUT2D eigenvalue weighted by Gasteiger charge is -2.26. The number of ether oxygens (including phenoxy) is 1. The van der Waals surface area contributed by atoms with Gasteiger partial charge in [0.1, 0.15) is 0 Å². The summed E-state index contributed by atoms with van der Waals surface area (Å²) in [4.78, 5) is 14.5. The van der Waals surface area contributed by atoms with Gasteiger partial charge in [-0.05, 0) is 24.4 Å². The molecule has 0 bridgehead atoms. The first kappa shape index (κ1) is 15.7. The maximum atomic E-state index is 12.2. The molecular formula is C14H20N4O2S. The van der Waals surface area contributed by atoms with Gasteiger partial charge in [-0.25, -0.2) is 0 Å². The van der Waals surface area contributed by atoms with E-state index in [4.69, 9.17) is 22.7 Å². The molecule has 0 spiro atoms. The van der Waals surface area contributed by atoms with Crippen LogP contribution in [0, 0.1) is 0 Å². The Labute approximate surface area is 129 Å². The van der Waals surface area contributed by atoms with Crippen molar-refractivity contribution in [2.24, 2.45) is 5.73 Å². The molecule has 0 radical (unpaired) electrons. The van der Waals surface area contributed by atoms with E-state index in [1.165, 1.54) is 0 Å². The van der Waals surface area contributed by atoms with Crippen molar-refractivity contribution in [1.29, 1.82) is 0 Å². The van der Waals surface area contributed by atoms with Crippen LogP contribution < -0.4 is 16.4 Å². The summed E-state index contributed by atoms with van der Waals surface area (Å²) in [5, 5.41) is 5.87. The number of morpholine rings is 1. The van der Waals surface area contributed by atoms with E-state index in [9.17, 15) is 4.79 Å². The SMILES string of the molecule is NC(=S)Nc1ccccc1C(=O)NCCN1CCOCC1. The van der Waals surface area contributed by atoms with E-state index in [-0.39, 0.29) is 11.0 Å². The van der Waals surface area contributed by atoms with E-state index in [1.54, 1.807) is 12.1 Å². The lowest BCUT2D eigenvalue weighted by molar-refractivity contribution is 0.0383. The maximum absolute atomic E-state index is 12.2. The fraction of sp³-hybridized carbons (Fsp3) is 0.429. The van der Waals surface area contributed by atoms with E-state index in [0.717, 1.165) is 32.8 Å². The molecule has 1 saturated heterocycles. The van der Waals surface area contributed by atoms with Crippen molar-refractivity contribution < 1.29 is 9.53 Å². The number of nitrogens with two attached hydrogens (primary N) is 1. The summed E-state index contributed by atoms with van der Waals surface area (Å²) < 4.78 is 5.29. The number of para-hydroxylation sites is 1. The standard InChI is InChI=1S/C14H20N4O2S/c15-14(21)17-12-4-2-1-3-11(12)13(19)16-5-6-18-7-9-20-10-8-18/h1-4H,5-10H2,(H,16,19)(H3,15,17,21). The molecule has 114 valence electrons. The highest BCUT2D eigenvalue weighted by Crippen LogP contribution is 2.14. The Balaban J connectivity index is 1.86. The zero-order valence-corrected chi connectivity index (χ0v) is 12.6. The number of thiocarbonyl (C=S) groups is 1. The second-order valence-corrected chi connectivity index (χ2v) is 5.18. The molecule has 0 unspecified atom stereocenters. The first-order valence-electron chi connectivity index (χ1n) is 6.90. The Morgan fingerprint density at radius 1 is 1.33 bits per heavy atom. The number of nitrogens with one attached hydrogen (secondary N) is 2. The normalized spacial score (nSPS) is 15.4. The molecule has 6 nitrogen and oxygen atoms in total. The van der Waals surface area contributed by atoms with Crippen LogP contribution in [0.5, 0.6) is 0 Å². The van der Waals surface area contributed by atoms with Gasteiger partial charge in [0.15, 0.2) is 5.11 Å². The first-order valence-corrected chi connectivity index (χ1v) is 7.31. The van der Waals surface area contributed by atoms with Gasteiger partial charge in [-0.3, -0.25) is 9.69 Å². The predicted octanol–water partition coefficient (Wildman–Crippen LogP) is 0.404. The molecule has 0 aliphatic carbocycles. The van der Waals surface area contributed by atoms with Gasteiger partial charge in [-0.2, -0.15) is 0 Å². The second kappa shape index (κ2) is 7.92. The molecule has 21 heavy (non-hydrogen) atoms. The van der Waals surface area contributed by atoms with Crippen molar-refractivity contribution in [1.82, 2.24) is 10.2 Å². The molecule has 2 rings (SSSR count). The molecule has 0 atom stereocenters. The molecule has 0 aromatic heterocycles. The largest absolute Gasteiger partial charge is 0.379 e. The third kappa shape index (κ3) is 4.96. The zero-order valence-electron chi connectivity index (χ0n) is 11.8. The molecular weight excluding hydrogens is 288 g/mol. The number of nitrogens with zero attached hydrogens (tertiary/aromatic N) is 1. The maximum Gasteiger partial charge on any atom is 0.253 e. The van der Waals surface area contributed by atoms with E-state index >= 15 is 0 Å². The summed E-state index contributed by atoms with van der Waals surface area (Å²) in [6, 6.07) is 7.15. The highest BCUT2D eigenvalue weighted by molar-refractivity contribution is 7.80. The van der Waals surface area contributed by atoms with Crippen LogP contribution in [0.4, 0.5) is 5.69 Å². The van der Waals surface area contributed by atoms with Crippen molar-refractivity contribution >= 4 is 28.9 Å². The van der Waals surface area contributed by atoms with Crippen LogP contribution in [0.1, 0.15) is 10.4 Å². The Morgan fingerprint density at radius 3 is 2.76 bits per heavy atom. The molecule has 1 heterocycles. The molecule has 4 N–H and O–H groups in total. The highest BCUT2D eigenvalue weighted by atomic mass is 32.1. The average Bonchev–Trinajstić information content (AvgIpc) is 2.48. The third-order valence-corrected chi connectivity index (χ3v) is 3.35. The summed E-state index contributed by atoms with van der Waals surface area (Å²) in [5.41, 5.74) is 6.62. The molecule has 0 saturated carbocycles. The van der Waals surface area contributed by atoms with E-state index in [1.807, 2.05) is 12.1 Å². The van der Waals surface area contributed by atoms with Gasteiger partial charge >= 0.3 is 0 Å². The number of carbonyl (C=O) groups is 1. The van der Waals surface area contributed by atoms with Crippen LogP contribution >= 0.6 is 12.2 Å². The summed E-state index contributed by atoms with van der Waals surface area (Å²) in [6.07, 6.45) is 0. The van der Waals surface area contributed by atoms with Crippen LogP contribution in [0.2, 0.25) is 0 Å². The van der Waals surface area contributed by atoms with Gasteiger partial charge in [-0.15, -0.1) is 0 Å². The number of rotatable bonds is 5. The molecule has 1 fully saturated rings. The fourth-order valence-corrected chi connectivity index (χ4v) is 2.28. The molecule has 7 heteroatoms. The molecule has 1 aliphatic rings. The third-order valence-electron chi connectivity index (χ3n) is 3.25. The van der Waals surface area contributed by atoms with Crippen molar-refractivity contribution in [3.05, 3.63) is 29.8 Å². The minimum Gasteiger partial charge on any atom is -0.379 e. The molecule has 1 aromatic carbocycles. The summed E-state index contributed by atoms with van der Waals surface area (Å²) in [6.45, 7) is 4.76. The van der Waals surface area contributed by atoms with Gasteiger partial charge in [0.05, 0.1) is 24.5 Å². The van der Waals surface area contributed by atoms with Gasteiger partial charge in [-0.1, -0.05) is 12.1 Å². The zero-order chi connectivity index (χ0) is 15.1. The number of benzene rings is 1. The first-order chi connectivity index (χ1) is 10.2. The van der Waals surface area contributed by atoms with Crippen molar-refractivity contribution in [2.75, 3.05) is 44.7 Å². The number of hydrogen-bond acceptors (Lipinski definition) is 4. The number of anilines is 1. The van der Waals surface area contributed by atoms with E-state index in [2.05, 4.69) is 15.5 Å². The minimum atomic E-state index is -0.136. The number of hydrogen-bond donors (Lipinski definition) is 3. The summed E-state index contributed by atoms with van der Waals surface area (Å²) in [5.74, 6) is -0.136. The van der Waals surface area contributed by atoms with E-state index in [0.29, 0.717) is 17.8 Å². The Hall–Kier alpha value is -1.70. The van der Waals surface area contributed by atoms with Crippen molar-refractivity contribution in [3.63, 3.8) is 0 Å². The average molecular weight is 308 g/mol. The monoisotopic (exact) mass is 308 g/mol. The Bertz CT molecular complexity index is 504. The Kier molecular flexibility index (Phi) is 5.91.